The van der Waals surface area contributed by atoms with Gasteiger partial charge in [0.05, 0.1) is 6.54 Å². The Balaban J connectivity index is 1.96. The molecule has 1 atom stereocenters. The summed E-state index contributed by atoms with van der Waals surface area (Å²) >= 11 is 0. The maximum atomic E-state index is 11.7. The van der Waals surface area contributed by atoms with Crippen LogP contribution in [0.15, 0.2) is 24.3 Å². The molecule has 0 bridgehead atoms. The summed E-state index contributed by atoms with van der Waals surface area (Å²) in [7, 11) is 0. The van der Waals surface area contributed by atoms with Gasteiger partial charge in [-0.3, -0.25) is 14.5 Å². The highest BCUT2D eigenvalue weighted by Gasteiger charge is 2.24. The molecular weight excluding hydrogens is 244 g/mol. The van der Waals surface area contributed by atoms with Gasteiger partial charge in [-0.15, -0.1) is 0 Å². The van der Waals surface area contributed by atoms with Gasteiger partial charge in [0.15, 0.2) is 0 Å². The molecule has 5 nitrogen and oxygen atoms in total. The number of carboxylic acid groups (broad SMARTS) is 1. The lowest BCUT2D eigenvalue weighted by atomic mass is 9.94. The van der Waals surface area contributed by atoms with Gasteiger partial charge in [-0.1, -0.05) is 24.3 Å². The molecule has 5 heteroatoms. The molecule has 19 heavy (non-hydrogen) atoms. The first kappa shape index (κ1) is 13.5. The summed E-state index contributed by atoms with van der Waals surface area (Å²) in [5.41, 5.74) is 2.58. The molecule has 1 aromatic rings. The number of fused-ring (bicyclic) bond motifs is 1. The number of amides is 1. The van der Waals surface area contributed by atoms with Crippen LogP contribution in [0.4, 0.5) is 0 Å². The molecule has 0 radical (unpaired) electrons. The van der Waals surface area contributed by atoms with Crippen molar-refractivity contribution < 1.29 is 14.7 Å². The number of hydrogen-bond donors (Lipinski definition) is 2. The van der Waals surface area contributed by atoms with E-state index in [0.717, 1.165) is 13.0 Å². The highest BCUT2D eigenvalue weighted by Crippen LogP contribution is 2.28. The van der Waals surface area contributed by atoms with Gasteiger partial charge in [0.25, 0.3) is 0 Å². The second-order valence-corrected chi connectivity index (χ2v) is 4.77. The fourth-order valence-corrected chi connectivity index (χ4v) is 2.45. The lowest BCUT2D eigenvalue weighted by Gasteiger charge is -2.34. The zero-order chi connectivity index (χ0) is 13.8. The van der Waals surface area contributed by atoms with E-state index in [1.54, 1.807) is 0 Å². The first-order chi connectivity index (χ1) is 9.08. The summed E-state index contributed by atoms with van der Waals surface area (Å²) in [6.45, 7) is 2.81. The maximum Gasteiger partial charge on any atom is 0.322 e. The summed E-state index contributed by atoms with van der Waals surface area (Å²) < 4.78 is 0. The van der Waals surface area contributed by atoms with Crippen LogP contribution in [0.1, 0.15) is 24.1 Å². The second kappa shape index (κ2) is 5.84. The summed E-state index contributed by atoms with van der Waals surface area (Å²) in [6.07, 6.45) is 0.923. The average molecular weight is 262 g/mol. The van der Waals surface area contributed by atoms with Crippen LogP contribution in [0.2, 0.25) is 0 Å². The molecule has 0 spiro atoms. The number of carbonyl (C=O) groups excluding carboxylic acids is 1. The van der Waals surface area contributed by atoms with Crippen LogP contribution < -0.4 is 5.32 Å². The quantitative estimate of drug-likeness (QED) is 0.842. The van der Waals surface area contributed by atoms with E-state index in [9.17, 15) is 9.59 Å². The van der Waals surface area contributed by atoms with Crippen molar-refractivity contribution in [2.75, 3.05) is 19.6 Å². The number of carbonyl (C=O) groups is 2. The van der Waals surface area contributed by atoms with Gasteiger partial charge >= 0.3 is 5.97 Å². The summed E-state index contributed by atoms with van der Waals surface area (Å²) in [4.78, 5) is 24.1. The van der Waals surface area contributed by atoms with E-state index in [2.05, 4.69) is 29.3 Å². The highest BCUT2D eigenvalue weighted by atomic mass is 16.4. The van der Waals surface area contributed by atoms with Gasteiger partial charge in [0.1, 0.15) is 6.54 Å². The Morgan fingerprint density at radius 2 is 2.16 bits per heavy atom. The largest absolute Gasteiger partial charge is 0.480 e. The minimum absolute atomic E-state index is 0.181. The molecule has 2 N–H and O–H groups in total. The number of aliphatic carboxylic acids is 1. The third-order valence-corrected chi connectivity index (χ3v) is 3.50. The molecule has 2 rings (SSSR count). The molecule has 1 aliphatic heterocycles. The van der Waals surface area contributed by atoms with E-state index in [-0.39, 0.29) is 25.0 Å². The predicted octanol–water partition coefficient (Wildman–Crippen LogP) is 0.806. The highest BCUT2D eigenvalue weighted by molar-refractivity contribution is 5.82. The van der Waals surface area contributed by atoms with Crippen LogP contribution in [-0.4, -0.2) is 41.5 Å². The van der Waals surface area contributed by atoms with E-state index >= 15 is 0 Å². The monoisotopic (exact) mass is 262 g/mol. The van der Waals surface area contributed by atoms with Crippen LogP contribution >= 0.6 is 0 Å². The lowest BCUT2D eigenvalue weighted by Crippen LogP contribution is -2.42. The maximum absolute atomic E-state index is 11.7. The Hall–Kier alpha value is -1.88. The van der Waals surface area contributed by atoms with Gasteiger partial charge in [-0.2, -0.15) is 0 Å². The van der Waals surface area contributed by atoms with Gasteiger partial charge in [0, 0.05) is 12.6 Å². The lowest BCUT2D eigenvalue weighted by molar-refractivity contribution is -0.138. The number of carboxylic acids is 1. The van der Waals surface area contributed by atoms with Gasteiger partial charge in [-0.25, -0.2) is 0 Å². The van der Waals surface area contributed by atoms with Crippen LogP contribution in [0, 0.1) is 0 Å². The first-order valence-electron chi connectivity index (χ1n) is 6.38. The molecule has 102 valence electrons. The molecule has 1 aliphatic rings. The van der Waals surface area contributed by atoms with Crippen LogP contribution in [0.25, 0.3) is 0 Å². The van der Waals surface area contributed by atoms with Gasteiger partial charge in [-0.05, 0) is 24.5 Å². The number of rotatable bonds is 4. The van der Waals surface area contributed by atoms with E-state index in [1.165, 1.54) is 11.1 Å². The van der Waals surface area contributed by atoms with Gasteiger partial charge < -0.3 is 10.4 Å². The Kier molecular flexibility index (Phi) is 4.16. The van der Waals surface area contributed by atoms with E-state index in [0.29, 0.717) is 0 Å². The smallest absolute Gasteiger partial charge is 0.322 e. The van der Waals surface area contributed by atoms with Crippen molar-refractivity contribution in [3.8, 4) is 0 Å². The molecular formula is C14H18N2O3. The van der Waals surface area contributed by atoms with E-state index < -0.39 is 5.97 Å². The molecule has 0 saturated heterocycles. The fraction of sp³-hybridized carbons (Fsp3) is 0.429. The minimum Gasteiger partial charge on any atom is -0.480 e. The number of nitrogens with zero attached hydrogens (tertiary/aromatic N) is 1. The van der Waals surface area contributed by atoms with Crippen molar-refractivity contribution in [1.82, 2.24) is 10.2 Å². The predicted molar refractivity (Wildman–Crippen MR) is 70.8 cm³/mol. The number of nitrogens with one attached hydrogen (secondary N) is 1. The van der Waals surface area contributed by atoms with Crippen LogP contribution in [0.3, 0.4) is 0 Å². The van der Waals surface area contributed by atoms with Gasteiger partial charge in [0.2, 0.25) is 5.91 Å². The molecule has 1 amide bonds. The fourth-order valence-electron chi connectivity index (χ4n) is 2.45. The van der Waals surface area contributed by atoms with E-state index in [1.807, 2.05) is 12.1 Å². The topological polar surface area (TPSA) is 69.6 Å². The molecule has 1 heterocycles. The molecule has 0 fully saturated rings. The van der Waals surface area contributed by atoms with Crippen molar-refractivity contribution in [2.24, 2.45) is 0 Å². The Labute approximate surface area is 112 Å². The molecule has 1 aromatic carbocycles. The van der Waals surface area contributed by atoms with Crippen LogP contribution in [0.5, 0.6) is 0 Å². The summed E-state index contributed by atoms with van der Waals surface area (Å²) in [5.74, 6) is -1.26. The van der Waals surface area contributed by atoms with Crippen LogP contribution in [-0.2, 0) is 16.0 Å². The number of benzene rings is 1. The minimum atomic E-state index is -1.02. The normalized spacial score (nSPS) is 18.7. The average Bonchev–Trinajstić information content (AvgIpc) is 2.40. The second-order valence-electron chi connectivity index (χ2n) is 4.77. The summed E-state index contributed by atoms with van der Waals surface area (Å²) in [5, 5.41) is 10.9. The third kappa shape index (κ3) is 3.32. The summed E-state index contributed by atoms with van der Waals surface area (Å²) in [6, 6.07) is 8.42. The van der Waals surface area contributed by atoms with Crippen molar-refractivity contribution in [3.05, 3.63) is 35.4 Å². The Bertz CT molecular complexity index is 487. The van der Waals surface area contributed by atoms with Crippen molar-refractivity contribution in [1.29, 1.82) is 0 Å². The molecule has 0 aromatic heterocycles. The third-order valence-electron chi connectivity index (χ3n) is 3.50. The zero-order valence-corrected chi connectivity index (χ0v) is 10.9. The Morgan fingerprint density at radius 1 is 1.42 bits per heavy atom. The number of hydrogen-bond acceptors (Lipinski definition) is 3. The van der Waals surface area contributed by atoms with Crippen molar-refractivity contribution in [3.63, 3.8) is 0 Å². The SMILES string of the molecule is CC1c2ccccc2CCN1CC(=O)NCC(=O)O. The molecule has 1 unspecified atom stereocenters. The standard InChI is InChI=1S/C14H18N2O3/c1-10-12-5-3-2-4-11(12)6-7-16(10)9-13(17)15-8-14(18)19/h2-5,10H,6-9H2,1H3,(H,15,17)(H,18,19). The van der Waals surface area contributed by atoms with E-state index in [4.69, 9.17) is 5.11 Å². The zero-order valence-electron chi connectivity index (χ0n) is 10.9. The molecule has 0 aliphatic carbocycles. The van der Waals surface area contributed by atoms with Crippen molar-refractivity contribution in [2.45, 2.75) is 19.4 Å². The first-order valence-corrected chi connectivity index (χ1v) is 6.38. The molecule has 0 saturated carbocycles. The Morgan fingerprint density at radius 3 is 2.89 bits per heavy atom. The van der Waals surface area contributed by atoms with Crippen molar-refractivity contribution >= 4 is 11.9 Å².